The second-order valence-electron chi connectivity index (χ2n) is 5.72. The smallest absolute Gasteiger partial charge is 0.248 e. The summed E-state index contributed by atoms with van der Waals surface area (Å²) in [5.41, 5.74) is 1.56. The molecular formula is C21H22N2O3S. The Morgan fingerprint density at radius 3 is 2.67 bits per heavy atom. The zero-order chi connectivity index (χ0) is 19.6. The maximum Gasteiger partial charge on any atom is 0.248 e. The lowest BCUT2D eigenvalue weighted by Gasteiger charge is -2.12. The van der Waals surface area contributed by atoms with Crippen molar-refractivity contribution in [2.24, 2.45) is 0 Å². The summed E-state index contributed by atoms with van der Waals surface area (Å²) in [7, 11) is 3.15. The van der Waals surface area contributed by atoms with E-state index in [0.29, 0.717) is 17.9 Å². The lowest BCUT2D eigenvalue weighted by atomic mass is 10.2. The van der Waals surface area contributed by atoms with E-state index in [4.69, 9.17) is 14.7 Å². The van der Waals surface area contributed by atoms with E-state index in [-0.39, 0.29) is 11.2 Å². The Balaban J connectivity index is 2.08. The van der Waals surface area contributed by atoms with Gasteiger partial charge in [0.2, 0.25) is 5.91 Å². The van der Waals surface area contributed by atoms with Crippen LogP contribution in [0, 0.1) is 11.3 Å². The second-order valence-corrected chi connectivity index (χ2v) is 7.20. The molecule has 0 aliphatic rings. The Morgan fingerprint density at radius 2 is 1.96 bits per heavy atom. The number of para-hydroxylation sites is 1. The topological polar surface area (TPSA) is 71.3 Å². The molecule has 1 N–H and O–H groups in total. The summed E-state index contributed by atoms with van der Waals surface area (Å²) in [6, 6.07) is 15.2. The van der Waals surface area contributed by atoms with E-state index in [9.17, 15) is 4.79 Å². The summed E-state index contributed by atoms with van der Waals surface area (Å²) in [5.74, 6) is 1.01. The van der Waals surface area contributed by atoms with Gasteiger partial charge in [-0.2, -0.15) is 5.26 Å². The fraction of sp³-hybridized carbons (Fsp3) is 0.238. The first kappa shape index (κ1) is 20.4. The third-order valence-corrected chi connectivity index (χ3v) is 4.87. The van der Waals surface area contributed by atoms with Gasteiger partial charge >= 0.3 is 0 Å². The Kier molecular flexibility index (Phi) is 7.78. The first-order chi connectivity index (χ1) is 13.1. The van der Waals surface area contributed by atoms with Crippen LogP contribution < -0.4 is 14.8 Å². The summed E-state index contributed by atoms with van der Waals surface area (Å²) >= 11 is 1.57. The van der Waals surface area contributed by atoms with Gasteiger partial charge in [-0.1, -0.05) is 25.1 Å². The van der Waals surface area contributed by atoms with Crippen LogP contribution in [0.25, 0.3) is 6.08 Å². The predicted octanol–water partition coefficient (Wildman–Crippen LogP) is 4.75. The van der Waals surface area contributed by atoms with Gasteiger partial charge in [-0.25, -0.2) is 0 Å². The van der Waals surface area contributed by atoms with Crippen LogP contribution in [-0.4, -0.2) is 25.4 Å². The largest absolute Gasteiger partial charge is 0.493 e. The number of anilines is 1. The molecule has 0 heterocycles. The molecule has 27 heavy (non-hydrogen) atoms. The predicted molar refractivity (Wildman–Crippen MR) is 109 cm³/mol. The fourth-order valence-corrected chi connectivity index (χ4v) is 3.36. The molecule has 2 aromatic carbocycles. The van der Waals surface area contributed by atoms with Gasteiger partial charge in [0.1, 0.15) is 0 Å². The maximum atomic E-state index is 12.3. The van der Waals surface area contributed by atoms with Crippen molar-refractivity contribution in [3.63, 3.8) is 0 Å². The standard InChI is InChI=1S/C21H22N2O3S/c1-15(12-13-22)27-20-7-5-4-6-17(20)23-21(24)11-9-16-8-10-18(25-2)19(14-16)26-3/h4-11,14-15H,12H2,1-3H3,(H,23,24). The number of rotatable bonds is 8. The summed E-state index contributed by atoms with van der Waals surface area (Å²) in [5, 5.41) is 11.9. The summed E-state index contributed by atoms with van der Waals surface area (Å²) < 4.78 is 10.5. The quantitative estimate of drug-likeness (QED) is 0.527. The lowest BCUT2D eigenvalue weighted by Crippen LogP contribution is -2.09. The van der Waals surface area contributed by atoms with Crippen molar-refractivity contribution in [3.8, 4) is 17.6 Å². The molecule has 0 aliphatic heterocycles. The molecule has 5 nitrogen and oxygen atoms in total. The minimum absolute atomic E-state index is 0.148. The van der Waals surface area contributed by atoms with Gasteiger partial charge in [-0.05, 0) is 35.9 Å². The highest BCUT2D eigenvalue weighted by molar-refractivity contribution is 8.00. The van der Waals surface area contributed by atoms with Crippen molar-refractivity contribution in [1.29, 1.82) is 5.26 Å². The van der Waals surface area contributed by atoms with Crippen molar-refractivity contribution < 1.29 is 14.3 Å². The molecule has 0 saturated heterocycles. The number of hydrogen-bond acceptors (Lipinski definition) is 5. The molecule has 0 aliphatic carbocycles. The van der Waals surface area contributed by atoms with Crippen molar-refractivity contribution in [2.45, 2.75) is 23.5 Å². The average Bonchev–Trinajstić information content (AvgIpc) is 2.67. The van der Waals surface area contributed by atoms with Gasteiger partial charge in [0, 0.05) is 22.6 Å². The van der Waals surface area contributed by atoms with E-state index in [1.165, 1.54) is 6.08 Å². The third-order valence-electron chi connectivity index (χ3n) is 3.69. The van der Waals surface area contributed by atoms with Crippen LogP contribution in [0.1, 0.15) is 18.9 Å². The Hall–Kier alpha value is -2.91. The summed E-state index contributed by atoms with van der Waals surface area (Å²) in [6.45, 7) is 1.99. The lowest BCUT2D eigenvalue weighted by molar-refractivity contribution is -0.111. The molecule has 2 rings (SSSR count). The average molecular weight is 382 g/mol. The van der Waals surface area contributed by atoms with E-state index in [2.05, 4.69) is 11.4 Å². The van der Waals surface area contributed by atoms with Crippen molar-refractivity contribution >= 4 is 29.4 Å². The normalized spacial score (nSPS) is 11.6. The molecule has 0 spiro atoms. The van der Waals surface area contributed by atoms with Crippen LogP contribution in [0.2, 0.25) is 0 Å². The molecule has 1 unspecified atom stereocenters. The molecule has 0 aromatic heterocycles. The van der Waals surface area contributed by atoms with Gasteiger partial charge in [0.25, 0.3) is 0 Å². The SMILES string of the molecule is COc1ccc(C=CC(=O)Nc2ccccc2SC(C)CC#N)cc1OC. The number of nitrogens with zero attached hydrogens (tertiary/aromatic N) is 1. The van der Waals surface area contributed by atoms with Crippen LogP contribution in [-0.2, 0) is 4.79 Å². The molecule has 0 radical (unpaired) electrons. The molecule has 6 heteroatoms. The Morgan fingerprint density at radius 1 is 1.22 bits per heavy atom. The van der Waals surface area contributed by atoms with Gasteiger partial charge in [-0.15, -0.1) is 11.8 Å². The molecule has 140 valence electrons. The molecule has 1 atom stereocenters. The van der Waals surface area contributed by atoms with Crippen molar-refractivity contribution in [3.05, 3.63) is 54.1 Å². The van der Waals surface area contributed by atoms with E-state index in [0.717, 1.165) is 16.1 Å². The highest BCUT2D eigenvalue weighted by atomic mass is 32.2. The highest BCUT2D eigenvalue weighted by Gasteiger charge is 2.09. The number of nitriles is 1. The number of carbonyl (C=O) groups excluding carboxylic acids is 1. The number of methoxy groups -OCH3 is 2. The van der Waals surface area contributed by atoms with Crippen LogP contribution in [0.5, 0.6) is 11.5 Å². The molecular weight excluding hydrogens is 360 g/mol. The summed E-state index contributed by atoms with van der Waals surface area (Å²) in [6.07, 6.45) is 3.64. The maximum absolute atomic E-state index is 12.3. The van der Waals surface area contributed by atoms with Crippen LogP contribution in [0.4, 0.5) is 5.69 Å². The Bertz CT molecular complexity index is 859. The number of hydrogen-bond donors (Lipinski definition) is 1. The van der Waals surface area contributed by atoms with Crippen molar-refractivity contribution in [1.82, 2.24) is 0 Å². The number of thioether (sulfide) groups is 1. The molecule has 2 aromatic rings. The van der Waals surface area contributed by atoms with E-state index < -0.39 is 0 Å². The van der Waals surface area contributed by atoms with Gasteiger partial charge in [0.05, 0.1) is 26.0 Å². The second kappa shape index (κ2) is 10.3. The van der Waals surface area contributed by atoms with Crippen molar-refractivity contribution in [2.75, 3.05) is 19.5 Å². The van der Waals surface area contributed by atoms with E-state index >= 15 is 0 Å². The van der Waals surface area contributed by atoms with Crippen LogP contribution >= 0.6 is 11.8 Å². The van der Waals surface area contributed by atoms with E-state index in [1.807, 2.05) is 37.3 Å². The molecule has 0 saturated carbocycles. The number of amides is 1. The van der Waals surface area contributed by atoms with Gasteiger partial charge in [-0.3, -0.25) is 4.79 Å². The number of nitrogens with one attached hydrogen (secondary N) is 1. The summed E-state index contributed by atoms with van der Waals surface area (Å²) in [4.78, 5) is 13.2. The van der Waals surface area contributed by atoms with Crippen LogP contribution in [0.15, 0.2) is 53.4 Å². The Labute approximate surface area is 164 Å². The first-order valence-corrected chi connectivity index (χ1v) is 9.29. The minimum atomic E-state index is -0.231. The van der Waals surface area contributed by atoms with Gasteiger partial charge < -0.3 is 14.8 Å². The van der Waals surface area contributed by atoms with Crippen LogP contribution in [0.3, 0.4) is 0 Å². The highest BCUT2D eigenvalue weighted by Crippen LogP contribution is 2.31. The first-order valence-electron chi connectivity index (χ1n) is 8.41. The van der Waals surface area contributed by atoms with Gasteiger partial charge in [0.15, 0.2) is 11.5 Å². The molecule has 0 bridgehead atoms. The molecule has 1 amide bonds. The third kappa shape index (κ3) is 6.08. The number of ether oxygens (including phenoxy) is 2. The zero-order valence-corrected chi connectivity index (χ0v) is 16.4. The fourth-order valence-electron chi connectivity index (χ4n) is 2.36. The van der Waals surface area contributed by atoms with E-state index in [1.54, 1.807) is 44.2 Å². The number of carbonyl (C=O) groups is 1. The monoisotopic (exact) mass is 382 g/mol. The minimum Gasteiger partial charge on any atom is -0.493 e. The number of benzene rings is 2. The zero-order valence-electron chi connectivity index (χ0n) is 15.6. The molecule has 0 fully saturated rings.